The fourth-order valence-electron chi connectivity index (χ4n) is 2.55. The van der Waals surface area contributed by atoms with Gasteiger partial charge in [0.15, 0.2) is 0 Å². The summed E-state index contributed by atoms with van der Waals surface area (Å²) in [6.07, 6.45) is 8.75. The number of nitrogens with zero attached hydrogens (tertiary/aromatic N) is 4. The van der Waals surface area contributed by atoms with Crippen LogP contribution in [0.15, 0.2) is 41.3 Å². The molecule has 116 valence electrons. The van der Waals surface area contributed by atoms with Gasteiger partial charge in [-0.3, -0.25) is 14.4 Å². The summed E-state index contributed by atoms with van der Waals surface area (Å²) < 4.78 is 7.08. The van der Waals surface area contributed by atoms with Crippen molar-refractivity contribution in [2.75, 3.05) is 26.2 Å². The van der Waals surface area contributed by atoms with Crippen LogP contribution >= 0.6 is 0 Å². The first-order valence-corrected chi connectivity index (χ1v) is 7.41. The summed E-state index contributed by atoms with van der Waals surface area (Å²) in [5, 5.41) is 4.08. The summed E-state index contributed by atoms with van der Waals surface area (Å²) in [6, 6.07) is 3.88. The highest BCUT2D eigenvalue weighted by molar-refractivity contribution is 5.91. The Kier molecular flexibility index (Phi) is 4.39. The molecule has 2 aromatic rings. The lowest BCUT2D eigenvalue weighted by molar-refractivity contribution is -0.127. The number of rotatable bonds is 4. The Hall–Kier alpha value is -2.34. The highest BCUT2D eigenvalue weighted by Gasteiger charge is 2.20. The second-order valence-electron chi connectivity index (χ2n) is 5.46. The number of furan rings is 1. The van der Waals surface area contributed by atoms with Crippen LogP contribution in [-0.4, -0.2) is 51.7 Å². The third-order valence-corrected chi connectivity index (χ3v) is 3.79. The molecule has 3 rings (SSSR count). The van der Waals surface area contributed by atoms with E-state index in [1.54, 1.807) is 23.2 Å². The summed E-state index contributed by atoms with van der Waals surface area (Å²) in [6.45, 7) is 4.04. The number of carbonyl (C=O) groups is 1. The van der Waals surface area contributed by atoms with Crippen LogP contribution in [-0.2, 0) is 18.4 Å². The van der Waals surface area contributed by atoms with E-state index in [2.05, 4.69) is 10.00 Å². The molecule has 1 saturated heterocycles. The number of aryl methyl sites for hydroxylation is 1. The summed E-state index contributed by atoms with van der Waals surface area (Å²) in [5.41, 5.74) is 0.937. The minimum Gasteiger partial charge on any atom is -0.468 e. The molecule has 6 heteroatoms. The summed E-state index contributed by atoms with van der Waals surface area (Å²) in [5.74, 6) is 1.03. The lowest BCUT2D eigenvalue weighted by Crippen LogP contribution is -2.47. The highest BCUT2D eigenvalue weighted by Crippen LogP contribution is 2.10. The van der Waals surface area contributed by atoms with Gasteiger partial charge in [0, 0.05) is 51.1 Å². The van der Waals surface area contributed by atoms with Crippen molar-refractivity contribution in [3.8, 4) is 0 Å². The molecule has 0 aliphatic carbocycles. The van der Waals surface area contributed by atoms with Crippen molar-refractivity contribution in [1.29, 1.82) is 0 Å². The molecule has 0 aromatic carbocycles. The predicted octanol–water partition coefficient (Wildman–Crippen LogP) is 1.37. The number of amides is 1. The lowest BCUT2D eigenvalue weighted by Gasteiger charge is -2.33. The van der Waals surface area contributed by atoms with Gasteiger partial charge in [-0.1, -0.05) is 0 Å². The van der Waals surface area contributed by atoms with Crippen LogP contribution in [0.5, 0.6) is 0 Å². The zero-order valence-corrected chi connectivity index (χ0v) is 12.7. The Balaban J connectivity index is 1.48. The van der Waals surface area contributed by atoms with Crippen molar-refractivity contribution in [3.05, 3.63) is 48.2 Å². The monoisotopic (exact) mass is 300 g/mol. The molecule has 0 saturated carbocycles. The van der Waals surface area contributed by atoms with Crippen LogP contribution in [0.25, 0.3) is 6.08 Å². The second kappa shape index (κ2) is 6.62. The molecule has 1 amide bonds. The molecule has 3 heterocycles. The maximum atomic E-state index is 12.2. The first kappa shape index (κ1) is 14.6. The molecule has 0 bridgehead atoms. The van der Waals surface area contributed by atoms with Crippen LogP contribution in [0.2, 0.25) is 0 Å². The van der Waals surface area contributed by atoms with Crippen LogP contribution in [0.4, 0.5) is 0 Å². The van der Waals surface area contributed by atoms with Crippen LogP contribution < -0.4 is 0 Å². The summed E-state index contributed by atoms with van der Waals surface area (Å²) in [7, 11) is 1.86. The summed E-state index contributed by atoms with van der Waals surface area (Å²) >= 11 is 0. The maximum absolute atomic E-state index is 12.2. The van der Waals surface area contributed by atoms with E-state index in [1.807, 2.05) is 36.4 Å². The van der Waals surface area contributed by atoms with Crippen LogP contribution in [0.3, 0.4) is 0 Å². The van der Waals surface area contributed by atoms with Crippen molar-refractivity contribution in [3.63, 3.8) is 0 Å². The van der Waals surface area contributed by atoms with E-state index < -0.39 is 0 Å². The highest BCUT2D eigenvalue weighted by atomic mass is 16.3. The van der Waals surface area contributed by atoms with Gasteiger partial charge < -0.3 is 9.32 Å². The fraction of sp³-hybridized carbons (Fsp3) is 0.375. The van der Waals surface area contributed by atoms with Gasteiger partial charge in [0.25, 0.3) is 0 Å². The second-order valence-corrected chi connectivity index (χ2v) is 5.46. The molecule has 1 aliphatic rings. The van der Waals surface area contributed by atoms with Gasteiger partial charge in [-0.2, -0.15) is 5.10 Å². The number of piperazine rings is 1. The standard InChI is InChI=1S/C16H20N4O2/c1-18-12-14(11-17-18)4-5-16(21)20-8-6-19(7-9-20)13-15-3-2-10-22-15/h2-5,10-12H,6-9,13H2,1H3/b5-4+. The molecule has 0 radical (unpaired) electrons. The molecule has 22 heavy (non-hydrogen) atoms. The minimum absolute atomic E-state index is 0.0569. The third kappa shape index (κ3) is 3.65. The topological polar surface area (TPSA) is 54.5 Å². The predicted molar refractivity (Wildman–Crippen MR) is 82.8 cm³/mol. The molecule has 0 atom stereocenters. The molecule has 6 nitrogen and oxygen atoms in total. The van der Waals surface area contributed by atoms with Crippen LogP contribution in [0, 0.1) is 0 Å². The average Bonchev–Trinajstić information content (AvgIpc) is 3.17. The molecule has 0 unspecified atom stereocenters. The van der Waals surface area contributed by atoms with Crippen molar-refractivity contribution in [2.24, 2.45) is 7.05 Å². The van der Waals surface area contributed by atoms with Gasteiger partial charge in [0.1, 0.15) is 5.76 Å². The zero-order chi connectivity index (χ0) is 15.4. The van der Waals surface area contributed by atoms with Gasteiger partial charge in [-0.15, -0.1) is 0 Å². The first-order chi connectivity index (χ1) is 10.7. The fourth-order valence-corrected chi connectivity index (χ4v) is 2.55. The average molecular weight is 300 g/mol. The van der Waals surface area contributed by atoms with Crippen molar-refractivity contribution < 1.29 is 9.21 Å². The van der Waals surface area contributed by atoms with Gasteiger partial charge in [-0.25, -0.2) is 0 Å². The molecule has 2 aromatic heterocycles. The molecular weight excluding hydrogens is 280 g/mol. The number of aromatic nitrogens is 2. The van der Waals surface area contributed by atoms with Gasteiger partial charge in [-0.05, 0) is 18.2 Å². The smallest absolute Gasteiger partial charge is 0.246 e. The molecule has 1 aliphatic heterocycles. The molecule has 0 N–H and O–H groups in total. The van der Waals surface area contributed by atoms with Crippen LogP contribution in [0.1, 0.15) is 11.3 Å². The van der Waals surface area contributed by atoms with Crippen molar-refractivity contribution in [2.45, 2.75) is 6.54 Å². The Labute approximate surface area is 129 Å². The van der Waals surface area contributed by atoms with Crippen molar-refractivity contribution >= 4 is 12.0 Å². The van der Waals surface area contributed by atoms with E-state index in [0.29, 0.717) is 0 Å². The molecular formula is C16H20N4O2. The minimum atomic E-state index is 0.0569. The van der Waals surface area contributed by atoms with E-state index in [1.165, 1.54) is 0 Å². The van der Waals surface area contributed by atoms with Crippen molar-refractivity contribution in [1.82, 2.24) is 19.6 Å². The first-order valence-electron chi connectivity index (χ1n) is 7.41. The normalized spacial score (nSPS) is 16.5. The van der Waals surface area contributed by atoms with E-state index in [4.69, 9.17) is 4.42 Å². The summed E-state index contributed by atoms with van der Waals surface area (Å²) in [4.78, 5) is 16.4. The van der Waals surface area contributed by atoms with E-state index in [-0.39, 0.29) is 5.91 Å². The number of hydrogen-bond acceptors (Lipinski definition) is 4. The van der Waals surface area contributed by atoms with Gasteiger partial charge in [0.2, 0.25) is 5.91 Å². The lowest BCUT2D eigenvalue weighted by atomic mass is 10.2. The largest absolute Gasteiger partial charge is 0.468 e. The molecule has 1 fully saturated rings. The number of carbonyl (C=O) groups excluding carboxylic acids is 1. The SMILES string of the molecule is Cn1cc(/C=C/C(=O)N2CCN(Cc3ccco3)CC2)cn1. The van der Waals surface area contributed by atoms with Gasteiger partial charge >= 0.3 is 0 Å². The van der Waals surface area contributed by atoms with Gasteiger partial charge in [0.05, 0.1) is 19.0 Å². The maximum Gasteiger partial charge on any atom is 0.246 e. The number of hydrogen-bond donors (Lipinski definition) is 0. The quantitative estimate of drug-likeness (QED) is 0.800. The van der Waals surface area contributed by atoms with E-state index >= 15 is 0 Å². The Morgan fingerprint density at radius 2 is 2.18 bits per heavy atom. The zero-order valence-electron chi connectivity index (χ0n) is 12.7. The van der Waals surface area contributed by atoms with E-state index in [9.17, 15) is 4.79 Å². The third-order valence-electron chi connectivity index (χ3n) is 3.79. The Morgan fingerprint density at radius 1 is 1.36 bits per heavy atom. The Bertz CT molecular complexity index is 637. The Morgan fingerprint density at radius 3 is 2.82 bits per heavy atom. The van der Waals surface area contributed by atoms with E-state index in [0.717, 1.165) is 44.0 Å². The molecule has 0 spiro atoms.